The number of thiophene rings is 1. The lowest BCUT2D eigenvalue weighted by Crippen LogP contribution is -2.15. The van der Waals surface area contributed by atoms with Gasteiger partial charge in [0.05, 0.1) is 10.9 Å². The Labute approximate surface area is 160 Å². The van der Waals surface area contributed by atoms with Crippen LogP contribution in [0.2, 0.25) is 0 Å². The lowest BCUT2D eigenvalue weighted by atomic mass is 9.97. The van der Waals surface area contributed by atoms with Gasteiger partial charge in [0.15, 0.2) is 0 Å². The van der Waals surface area contributed by atoms with Gasteiger partial charge in [-0.05, 0) is 49.4 Å². The Bertz CT molecular complexity index is 1070. The van der Waals surface area contributed by atoms with Crippen LogP contribution in [0, 0.1) is 0 Å². The number of nitrogens with one attached hydrogen (secondary N) is 1. The summed E-state index contributed by atoms with van der Waals surface area (Å²) in [5.74, 6) is -0.0601. The molecule has 1 N–H and O–H groups in total. The van der Waals surface area contributed by atoms with E-state index in [1.54, 1.807) is 23.5 Å². The van der Waals surface area contributed by atoms with Crippen molar-refractivity contribution in [3.8, 4) is 0 Å². The summed E-state index contributed by atoms with van der Waals surface area (Å²) in [6.45, 7) is -0.0568. The number of hydrogen-bond acceptors (Lipinski definition) is 6. The number of esters is 1. The lowest BCUT2D eigenvalue weighted by molar-refractivity contribution is 0.0462. The van der Waals surface area contributed by atoms with Crippen LogP contribution in [0.15, 0.2) is 29.1 Å². The van der Waals surface area contributed by atoms with E-state index in [0.29, 0.717) is 16.8 Å². The number of rotatable bonds is 4. The minimum absolute atomic E-state index is 0.0568. The zero-order valence-corrected chi connectivity index (χ0v) is 16.2. The fraction of sp³-hybridized carbons (Fsp3) is 0.350. The number of aromatic nitrogens is 2. The van der Waals surface area contributed by atoms with Crippen molar-refractivity contribution in [3.05, 3.63) is 56.4 Å². The third kappa shape index (κ3) is 3.47. The first-order valence-corrected chi connectivity index (χ1v) is 9.82. The van der Waals surface area contributed by atoms with Crippen molar-refractivity contribution in [3.63, 3.8) is 0 Å². The number of nitrogens with zero attached hydrogens (tertiary/aromatic N) is 2. The van der Waals surface area contributed by atoms with Gasteiger partial charge < -0.3 is 14.6 Å². The van der Waals surface area contributed by atoms with E-state index in [9.17, 15) is 9.59 Å². The second-order valence-electron chi connectivity index (χ2n) is 6.92. The first-order valence-electron chi connectivity index (χ1n) is 9.01. The molecule has 0 bridgehead atoms. The highest BCUT2D eigenvalue weighted by atomic mass is 32.1. The molecule has 1 aliphatic rings. The molecule has 0 saturated heterocycles. The maximum absolute atomic E-state index is 12.5. The molecule has 7 heteroatoms. The van der Waals surface area contributed by atoms with E-state index in [2.05, 4.69) is 9.97 Å². The zero-order valence-electron chi connectivity index (χ0n) is 15.4. The summed E-state index contributed by atoms with van der Waals surface area (Å²) in [5, 5.41) is 0.712. The molecule has 6 nitrogen and oxygen atoms in total. The number of hydrogen-bond donors (Lipinski definition) is 1. The molecule has 0 unspecified atom stereocenters. The van der Waals surface area contributed by atoms with E-state index < -0.39 is 5.97 Å². The van der Waals surface area contributed by atoms with Crippen molar-refractivity contribution in [2.75, 3.05) is 19.0 Å². The van der Waals surface area contributed by atoms with Crippen molar-refractivity contribution in [2.45, 2.75) is 32.3 Å². The Balaban J connectivity index is 1.55. The number of H-pyrrole nitrogens is 1. The minimum atomic E-state index is -0.438. The lowest BCUT2D eigenvalue weighted by Gasteiger charge is -2.13. The highest BCUT2D eigenvalue weighted by Crippen LogP contribution is 2.33. The number of anilines is 1. The topological polar surface area (TPSA) is 75.3 Å². The molecule has 140 valence electrons. The molecule has 0 spiro atoms. The number of aryl methyl sites for hydroxylation is 2. The second kappa shape index (κ2) is 7.15. The molecule has 27 heavy (non-hydrogen) atoms. The molecule has 1 aromatic carbocycles. The van der Waals surface area contributed by atoms with Gasteiger partial charge >= 0.3 is 5.97 Å². The normalized spacial score (nSPS) is 13.4. The number of carbonyl (C=O) groups excluding carboxylic acids is 1. The van der Waals surface area contributed by atoms with Gasteiger partial charge in [-0.3, -0.25) is 4.79 Å². The van der Waals surface area contributed by atoms with Gasteiger partial charge in [-0.1, -0.05) is 6.07 Å². The van der Waals surface area contributed by atoms with E-state index in [1.165, 1.54) is 4.88 Å². The van der Waals surface area contributed by atoms with Crippen LogP contribution in [0.4, 0.5) is 5.69 Å². The van der Waals surface area contributed by atoms with Crippen molar-refractivity contribution < 1.29 is 9.53 Å². The predicted octanol–water partition coefficient (Wildman–Crippen LogP) is 3.29. The van der Waals surface area contributed by atoms with Crippen molar-refractivity contribution >= 4 is 33.2 Å². The third-order valence-corrected chi connectivity index (χ3v) is 6.00. The maximum Gasteiger partial charge on any atom is 0.338 e. The summed E-state index contributed by atoms with van der Waals surface area (Å²) >= 11 is 1.59. The maximum atomic E-state index is 12.5. The fourth-order valence-electron chi connectivity index (χ4n) is 3.41. The Morgan fingerprint density at radius 2 is 2.11 bits per heavy atom. The van der Waals surface area contributed by atoms with Gasteiger partial charge in [0.2, 0.25) is 0 Å². The van der Waals surface area contributed by atoms with Crippen LogP contribution in [0.3, 0.4) is 0 Å². The average Bonchev–Trinajstić information content (AvgIpc) is 3.05. The zero-order chi connectivity index (χ0) is 19.0. The van der Waals surface area contributed by atoms with E-state index in [4.69, 9.17) is 4.74 Å². The average molecular weight is 383 g/mol. The van der Waals surface area contributed by atoms with E-state index in [-0.39, 0.29) is 12.2 Å². The largest absolute Gasteiger partial charge is 0.454 e. The Hall–Kier alpha value is -2.67. The SMILES string of the molecule is CN(C)c1cccc(C(=O)OCc2nc3sc4c(c3c(=O)[nH]2)CCCC4)c1. The van der Waals surface area contributed by atoms with Crippen LogP contribution in [-0.4, -0.2) is 30.0 Å². The van der Waals surface area contributed by atoms with Crippen LogP contribution in [-0.2, 0) is 24.2 Å². The molecule has 1 aliphatic carbocycles. The minimum Gasteiger partial charge on any atom is -0.454 e. The first kappa shape index (κ1) is 17.7. The van der Waals surface area contributed by atoms with E-state index in [0.717, 1.165) is 41.8 Å². The molecule has 4 rings (SSSR count). The molecule has 0 fully saturated rings. The Morgan fingerprint density at radius 1 is 1.30 bits per heavy atom. The molecular weight excluding hydrogens is 362 g/mol. The van der Waals surface area contributed by atoms with Crippen LogP contribution < -0.4 is 10.5 Å². The number of ether oxygens (including phenoxy) is 1. The monoisotopic (exact) mass is 383 g/mol. The molecule has 3 aromatic rings. The quantitative estimate of drug-likeness (QED) is 0.700. The molecule has 0 amide bonds. The molecule has 0 aliphatic heterocycles. The molecular formula is C20H21N3O3S. The summed E-state index contributed by atoms with van der Waals surface area (Å²) in [7, 11) is 3.82. The highest BCUT2D eigenvalue weighted by Gasteiger charge is 2.20. The highest BCUT2D eigenvalue weighted by molar-refractivity contribution is 7.18. The van der Waals surface area contributed by atoms with Gasteiger partial charge in [-0.2, -0.15) is 0 Å². The number of fused-ring (bicyclic) bond motifs is 3. The van der Waals surface area contributed by atoms with Crippen molar-refractivity contribution in [1.29, 1.82) is 0 Å². The van der Waals surface area contributed by atoms with E-state index >= 15 is 0 Å². The summed E-state index contributed by atoms with van der Waals surface area (Å²) in [6, 6.07) is 7.22. The van der Waals surface area contributed by atoms with Gasteiger partial charge in [0.1, 0.15) is 17.3 Å². The first-order chi connectivity index (χ1) is 13.0. The van der Waals surface area contributed by atoms with Crippen LogP contribution >= 0.6 is 11.3 Å². The number of aromatic amines is 1. The van der Waals surface area contributed by atoms with Crippen LogP contribution in [0.5, 0.6) is 0 Å². The Kier molecular flexibility index (Phi) is 4.70. The summed E-state index contributed by atoms with van der Waals surface area (Å²) < 4.78 is 5.37. The predicted molar refractivity (Wildman–Crippen MR) is 107 cm³/mol. The van der Waals surface area contributed by atoms with Gasteiger partial charge in [-0.25, -0.2) is 9.78 Å². The third-order valence-electron chi connectivity index (χ3n) is 4.81. The molecule has 0 saturated carbocycles. The van der Waals surface area contributed by atoms with Crippen LogP contribution in [0.1, 0.15) is 39.5 Å². The smallest absolute Gasteiger partial charge is 0.338 e. The summed E-state index contributed by atoms with van der Waals surface area (Å²) in [5.41, 5.74) is 2.40. The number of carbonyl (C=O) groups is 1. The molecule has 0 atom stereocenters. The Morgan fingerprint density at radius 3 is 2.93 bits per heavy atom. The molecule has 0 radical (unpaired) electrons. The van der Waals surface area contributed by atoms with Gasteiger partial charge in [0.25, 0.3) is 5.56 Å². The van der Waals surface area contributed by atoms with Crippen molar-refractivity contribution in [1.82, 2.24) is 9.97 Å². The van der Waals surface area contributed by atoms with Crippen molar-refractivity contribution in [2.24, 2.45) is 0 Å². The van der Waals surface area contributed by atoms with Crippen LogP contribution in [0.25, 0.3) is 10.2 Å². The standard InChI is InChI=1S/C20H21N3O3S/c1-23(2)13-7-5-6-12(10-13)20(25)26-11-16-21-18(24)17-14-8-3-4-9-15(14)27-19(17)22-16/h5-7,10H,3-4,8-9,11H2,1-2H3,(H,21,22,24). The van der Waals surface area contributed by atoms with E-state index in [1.807, 2.05) is 31.1 Å². The fourth-order valence-corrected chi connectivity index (χ4v) is 4.69. The van der Waals surface area contributed by atoms with Gasteiger partial charge in [0, 0.05) is 24.7 Å². The summed E-state index contributed by atoms with van der Waals surface area (Å²) in [4.78, 5) is 36.1. The summed E-state index contributed by atoms with van der Waals surface area (Å²) in [6.07, 6.45) is 4.23. The molecule has 2 heterocycles. The number of benzene rings is 1. The van der Waals surface area contributed by atoms with Gasteiger partial charge in [-0.15, -0.1) is 11.3 Å². The second-order valence-corrected chi connectivity index (χ2v) is 8.01. The molecule has 2 aromatic heterocycles.